The van der Waals surface area contributed by atoms with Crippen molar-refractivity contribution in [3.63, 3.8) is 0 Å². The first-order valence-corrected chi connectivity index (χ1v) is 7.04. The van der Waals surface area contributed by atoms with Crippen molar-refractivity contribution in [3.8, 4) is 0 Å². The van der Waals surface area contributed by atoms with Crippen LogP contribution in [0.5, 0.6) is 0 Å². The SMILES string of the molecule is N/C=C(\NC(N)=Nc1n[nH]c2ccccc12)Nc1ccccc1. The van der Waals surface area contributed by atoms with Gasteiger partial charge in [-0.3, -0.25) is 5.10 Å². The molecule has 116 valence electrons. The Morgan fingerprint density at radius 3 is 2.61 bits per heavy atom. The molecule has 23 heavy (non-hydrogen) atoms. The van der Waals surface area contributed by atoms with Crippen molar-refractivity contribution in [2.45, 2.75) is 0 Å². The van der Waals surface area contributed by atoms with Gasteiger partial charge in [0.1, 0.15) is 5.82 Å². The van der Waals surface area contributed by atoms with E-state index in [-0.39, 0.29) is 5.96 Å². The Morgan fingerprint density at radius 1 is 1.09 bits per heavy atom. The van der Waals surface area contributed by atoms with E-state index in [9.17, 15) is 0 Å². The van der Waals surface area contributed by atoms with Crippen LogP contribution in [-0.2, 0) is 0 Å². The molecule has 7 nitrogen and oxygen atoms in total. The van der Waals surface area contributed by atoms with Crippen molar-refractivity contribution in [2.75, 3.05) is 5.32 Å². The Balaban J connectivity index is 1.76. The lowest BCUT2D eigenvalue weighted by Crippen LogP contribution is -2.34. The number of nitrogens with two attached hydrogens (primary N) is 2. The van der Waals surface area contributed by atoms with Gasteiger partial charge in [0.15, 0.2) is 5.82 Å². The van der Waals surface area contributed by atoms with Gasteiger partial charge >= 0.3 is 0 Å². The molecule has 3 aromatic rings. The molecular formula is C16H17N7. The highest BCUT2D eigenvalue weighted by Crippen LogP contribution is 2.21. The van der Waals surface area contributed by atoms with Crippen molar-refractivity contribution in [1.29, 1.82) is 0 Å². The largest absolute Gasteiger partial charge is 0.402 e. The number of hydrogen-bond donors (Lipinski definition) is 5. The monoisotopic (exact) mass is 307 g/mol. The third kappa shape index (κ3) is 3.41. The minimum absolute atomic E-state index is 0.183. The summed E-state index contributed by atoms with van der Waals surface area (Å²) in [6.45, 7) is 0. The smallest absolute Gasteiger partial charge is 0.201 e. The number of fused-ring (bicyclic) bond motifs is 1. The summed E-state index contributed by atoms with van der Waals surface area (Å²) in [5.41, 5.74) is 13.3. The highest BCUT2D eigenvalue weighted by atomic mass is 15.2. The van der Waals surface area contributed by atoms with Gasteiger partial charge in [0.2, 0.25) is 5.96 Å². The molecule has 0 saturated carbocycles. The second-order valence-electron chi connectivity index (χ2n) is 4.79. The predicted octanol–water partition coefficient (Wildman–Crippen LogP) is 1.97. The molecule has 0 aliphatic heterocycles. The maximum Gasteiger partial charge on any atom is 0.201 e. The number of aliphatic imine (C=N–C) groups is 1. The molecule has 0 aliphatic carbocycles. The Kier molecular flexibility index (Phi) is 4.10. The topological polar surface area (TPSA) is 117 Å². The first kappa shape index (κ1) is 14.5. The normalized spacial score (nSPS) is 12.3. The van der Waals surface area contributed by atoms with Gasteiger partial charge in [0.25, 0.3) is 0 Å². The van der Waals surface area contributed by atoms with Gasteiger partial charge in [0, 0.05) is 17.3 Å². The molecule has 0 amide bonds. The van der Waals surface area contributed by atoms with Crippen LogP contribution in [0.4, 0.5) is 11.5 Å². The number of nitrogens with zero attached hydrogens (tertiary/aromatic N) is 2. The molecule has 2 aromatic carbocycles. The maximum atomic E-state index is 5.93. The Labute approximate surface area is 133 Å². The van der Waals surface area contributed by atoms with E-state index in [0.717, 1.165) is 16.6 Å². The van der Waals surface area contributed by atoms with Crippen LogP contribution in [0.25, 0.3) is 10.9 Å². The third-order valence-electron chi connectivity index (χ3n) is 3.16. The predicted molar refractivity (Wildman–Crippen MR) is 92.8 cm³/mol. The standard InChI is InChI=1S/C16H17N7/c17-10-14(19-11-6-2-1-3-7-11)20-16(18)21-15-12-8-4-5-9-13(12)22-23-15/h1-10,19H,17H2,(H4,18,20,21,22,23)/b14-10-. The van der Waals surface area contributed by atoms with E-state index in [2.05, 4.69) is 25.8 Å². The third-order valence-corrected chi connectivity index (χ3v) is 3.16. The molecule has 1 heterocycles. The van der Waals surface area contributed by atoms with Crippen LogP contribution in [-0.4, -0.2) is 16.2 Å². The Morgan fingerprint density at radius 2 is 1.83 bits per heavy atom. The summed E-state index contributed by atoms with van der Waals surface area (Å²) >= 11 is 0. The van der Waals surface area contributed by atoms with Crippen molar-refractivity contribution in [2.24, 2.45) is 16.5 Å². The number of hydrogen-bond acceptors (Lipinski definition) is 4. The van der Waals surface area contributed by atoms with Gasteiger partial charge < -0.3 is 22.1 Å². The van der Waals surface area contributed by atoms with Gasteiger partial charge in [-0.1, -0.05) is 30.3 Å². The molecule has 0 aliphatic rings. The Hall–Kier alpha value is -3.48. The van der Waals surface area contributed by atoms with E-state index in [1.165, 1.54) is 6.20 Å². The molecule has 0 saturated heterocycles. The van der Waals surface area contributed by atoms with Gasteiger partial charge in [-0.05, 0) is 24.3 Å². The van der Waals surface area contributed by atoms with E-state index >= 15 is 0 Å². The average Bonchev–Trinajstić information content (AvgIpc) is 2.98. The highest BCUT2D eigenvalue weighted by Gasteiger charge is 2.05. The van der Waals surface area contributed by atoms with E-state index in [1.54, 1.807) is 0 Å². The number of aromatic amines is 1. The maximum absolute atomic E-state index is 5.93. The first-order chi connectivity index (χ1) is 11.3. The number of benzene rings is 2. The molecule has 7 N–H and O–H groups in total. The second-order valence-corrected chi connectivity index (χ2v) is 4.79. The van der Waals surface area contributed by atoms with Crippen LogP contribution in [0.3, 0.4) is 0 Å². The molecule has 0 atom stereocenters. The van der Waals surface area contributed by atoms with Gasteiger partial charge in [-0.15, -0.1) is 0 Å². The highest BCUT2D eigenvalue weighted by molar-refractivity contribution is 5.92. The lowest BCUT2D eigenvalue weighted by Gasteiger charge is -2.12. The van der Waals surface area contributed by atoms with E-state index in [0.29, 0.717) is 11.6 Å². The summed E-state index contributed by atoms with van der Waals surface area (Å²) in [6.07, 6.45) is 1.39. The molecule has 0 spiro atoms. The van der Waals surface area contributed by atoms with Gasteiger partial charge in [-0.25, -0.2) is 0 Å². The molecule has 0 radical (unpaired) electrons. The fraction of sp³-hybridized carbons (Fsp3) is 0. The summed E-state index contributed by atoms with van der Waals surface area (Å²) in [6, 6.07) is 17.3. The summed E-state index contributed by atoms with van der Waals surface area (Å²) < 4.78 is 0. The van der Waals surface area contributed by atoms with Crippen LogP contribution in [0.15, 0.2) is 71.6 Å². The number of nitrogens with one attached hydrogen (secondary N) is 3. The first-order valence-electron chi connectivity index (χ1n) is 7.04. The van der Waals surface area contributed by atoms with Crippen LogP contribution < -0.4 is 22.1 Å². The second kappa shape index (κ2) is 6.52. The van der Waals surface area contributed by atoms with Gasteiger partial charge in [-0.2, -0.15) is 10.1 Å². The fourth-order valence-corrected chi connectivity index (χ4v) is 2.11. The minimum Gasteiger partial charge on any atom is -0.402 e. The molecule has 0 unspecified atom stereocenters. The van der Waals surface area contributed by atoms with Crippen LogP contribution >= 0.6 is 0 Å². The number of guanidine groups is 1. The van der Waals surface area contributed by atoms with Crippen LogP contribution in [0.2, 0.25) is 0 Å². The summed E-state index contributed by atoms with van der Waals surface area (Å²) in [5, 5.41) is 14.0. The average molecular weight is 307 g/mol. The molecule has 0 fully saturated rings. The fourth-order valence-electron chi connectivity index (χ4n) is 2.11. The molecular weight excluding hydrogens is 290 g/mol. The quantitative estimate of drug-likeness (QED) is 0.373. The zero-order valence-electron chi connectivity index (χ0n) is 12.3. The molecule has 1 aromatic heterocycles. The number of H-pyrrole nitrogens is 1. The van der Waals surface area contributed by atoms with Crippen molar-refractivity contribution in [1.82, 2.24) is 15.5 Å². The summed E-state index contributed by atoms with van der Waals surface area (Å²) in [5.74, 6) is 1.22. The van der Waals surface area contributed by atoms with Crippen LogP contribution in [0.1, 0.15) is 0 Å². The zero-order chi connectivity index (χ0) is 16.1. The molecule has 0 bridgehead atoms. The minimum atomic E-state index is 0.183. The Bertz CT molecular complexity index is 849. The number of aromatic nitrogens is 2. The number of anilines is 1. The number of rotatable bonds is 4. The van der Waals surface area contributed by atoms with E-state index < -0.39 is 0 Å². The zero-order valence-corrected chi connectivity index (χ0v) is 12.3. The lowest BCUT2D eigenvalue weighted by atomic mass is 10.2. The van der Waals surface area contributed by atoms with Crippen molar-refractivity contribution < 1.29 is 0 Å². The van der Waals surface area contributed by atoms with E-state index in [4.69, 9.17) is 11.5 Å². The number of para-hydroxylation sites is 2. The summed E-state index contributed by atoms with van der Waals surface area (Å²) in [7, 11) is 0. The van der Waals surface area contributed by atoms with E-state index in [1.807, 2.05) is 54.6 Å². The molecule has 7 heteroatoms. The van der Waals surface area contributed by atoms with Gasteiger partial charge in [0.05, 0.1) is 5.52 Å². The summed E-state index contributed by atoms with van der Waals surface area (Å²) in [4.78, 5) is 4.28. The van der Waals surface area contributed by atoms with Crippen LogP contribution in [0, 0.1) is 0 Å². The van der Waals surface area contributed by atoms with Crippen molar-refractivity contribution in [3.05, 3.63) is 66.6 Å². The lowest BCUT2D eigenvalue weighted by molar-refractivity contribution is 1.06. The molecule has 3 rings (SSSR count). The van der Waals surface area contributed by atoms with Crippen molar-refractivity contribution >= 4 is 28.4 Å².